The van der Waals surface area contributed by atoms with Gasteiger partial charge in [-0.3, -0.25) is 0 Å². The van der Waals surface area contributed by atoms with Crippen molar-refractivity contribution in [2.24, 2.45) is 5.92 Å². The van der Waals surface area contributed by atoms with Crippen LogP contribution in [0.2, 0.25) is 0 Å². The molecule has 1 rings (SSSR count). The van der Waals surface area contributed by atoms with Gasteiger partial charge < -0.3 is 4.79 Å². The molecule has 0 aromatic heterocycles. The Morgan fingerprint density at radius 3 is 2.47 bits per heavy atom. The second kappa shape index (κ2) is 5.50. The van der Waals surface area contributed by atoms with E-state index in [0.717, 1.165) is 12.7 Å². The molecular formula is C14H18O. The summed E-state index contributed by atoms with van der Waals surface area (Å²) < 4.78 is 0. The number of benzene rings is 1. The quantitative estimate of drug-likeness (QED) is 0.681. The maximum atomic E-state index is 10.5. The minimum absolute atomic E-state index is 0.117. The molecule has 1 aromatic rings. The van der Waals surface area contributed by atoms with Crippen molar-refractivity contribution in [1.29, 1.82) is 0 Å². The maximum Gasteiger partial charge on any atom is 0.123 e. The number of rotatable bonds is 4. The van der Waals surface area contributed by atoms with E-state index in [1.165, 1.54) is 16.7 Å². The molecule has 0 amide bonds. The third-order valence-electron chi connectivity index (χ3n) is 2.37. The highest BCUT2D eigenvalue weighted by Gasteiger charge is 2.00. The topological polar surface area (TPSA) is 17.1 Å². The molecule has 1 aromatic carbocycles. The van der Waals surface area contributed by atoms with Gasteiger partial charge in [0.1, 0.15) is 6.29 Å². The number of aldehydes is 1. The summed E-state index contributed by atoms with van der Waals surface area (Å²) in [7, 11) is 0. The molecule has 1 unspecified atom stereocenters. The van der Waals surface area contributed by atoms with Gasteiger partial charge in [-0.15, -0.1) is 0 Å². The van der Waals surface area contributed by atoms with Crippen molar-refractivity contribution in [3.63, 3.8) is 0 Å². The van der Waals surface area contributed by atoms with Crippen molar-refractivity contribution >= 4 is 12.4 Å². The summed E-state index contributed by atoms with van der Waals surface area (Å²) in [4.78, 5) is 10.5. The lowest BCUT2D eigenvalue weighted by molar-refractivity contribution is -0.110. The van der Waals surface area contributed by atoms with Gasteiger partial charge in [0.05, 0.1) is 0 Å². The number of carbonyl (C=O) groups is 1. The first-order valence-electron chi connectivity index (χ1n) is 5.31. The number of carbonyl (C=O) groups excluding carboxylic acids is 1. The van der Waals surface area contributed by atoms with Crippen molar-refractivity contribution < 1.29 is 4.79 Å². The van der Waals surface area contributed by atoms with Gasteiger partial charge in [-0.25, -0.2) is 0 Å². The van der Waals surface area contributed by atoms with Crippen LogP contribution in [0.4, 0.5) is 0 Å². The van der Waals surface area contributed by atoms with Crippen LogP contribution in [0.3, 0.4) is 0 Å². The van der Waals surface area contributed by atoms with Crippen LogP contribution in [0.5, 0.6) is 0 Å². The summed E-state index contributed by atoms with van der Waals surface area (Å²) >= 11 is 0. The minimum atomic E-state index is 0.117. The Hall–Kier alpha value is -1.37. The summed E-state index contributed by atoms with van der Waals surface area (Å²) in [5.41, 5.74) is 3.72. The Labute approximate surface area is 91.8 Å². The van der Waals surface area contributed by atoms with Crippen LogP contribution < -0.4 is 0 Å². The van der Waals surface area contributed by atoms with Gasteiger partial charge in [0.15, 0.2) is 0 Å². The van der Waals surface area contributed by atoms with E-state index in [0.29, 0.717) is 0 Å². The van der Waals surface area contributed by atoms with E-state index in [1.54, 1.807) is 0 Å². The normalized spacial score (nSPS) is 13.7. The fourth-order valence-electron chi connectivity index (χ4n) is 1.56. The molecule has 15 heavy (non-hydrogen) atoms. The Bertz CT molecular complexity index is 346. The number of aryl methyl sites for hydroxylation is 1. The molecule has 1 atom stereocenters. The van der Waals surface area contributed by atoms with Crippen LogP contribution in [0.25, 0.3) is 6.08 Å². The van der Waals surface area contributed by atoms with Crippen molar-refractivity contribution in [3.8, 4) is 0 Å². The van der Waals surface area contributed by atoms with Crippen molar-refractivity contribution in [2.45, 2.75) is 27.2 Å². The lowest BCUT2D eigenvalue weighted by Crippen LogP contribution is -1.95. The van der Waals surface area contributed by atoms with Crippen molar-refractivity contribution in [3.05, 3.63) is 41.0 Å². The maximum absolute atomic E-state index is 10.5. The fraction of sp³-hybridized carbons (Fsp3) is 0.357. The van der Waals surface area contributed by atoms with Crippen LogP contribution in [0.1, 0.15) is 31.4 Å². The molecule has 0 heterocycles. The highest BCUT2D eigenvalue weighted by Crippen LogP contribution is 2.14. The van der Waals surface area contributed by atoms with E-state index in [9.17, 15) is 4.79 Å². The Kier molecular flexibility index (Phi) is 4.29. The summed E-state index contributed by atoms with van der Waals surface area (Å²) in [6, 6.07) is 8.40. The van der Waals surface area contributed by atoms with Crippen molar-refractivity contribution in [1.82, 2.24) is 0 Å². The number of hydrogen-bond acceptors (Lipinski definition) is 1. The molecule has 0 aliphatic heterocycles. The molecule has 0 aliphatic carbocycles. The van der Waals surface area contributed by atoms with Crippen LogP contribution in [0, 0.1) is 12.8 Å². The van der Waals surface area contributed by atoms with Gasteiger partial charge in [0.25, 0.3) is 0 Å². The van der Waals surface area contributed by atoms with Crippen LogP contribution >= 0.6 is 0 Å². The molecule has 0 saturated heterocycles. The van der Waals surface area contributed by atoms with E-state index >= 15 is 0 Å². The van der Waals surface area contributed by atoms with E-state index in [-0.39, 0.29) is 5.92 Å². The highest BCUT2D eigenvalue weighted by atomic mass is 16.1. The van der Waals surface area contributed by atoms with E-state index < -0.39 is 0 Å². The zero-order chi connectivity index (χ0) is 11.3. The van der Waals surface area contributed by atoms with Gasteiger partial charge in [0.2, 0.25) is 0 Å². The molecule has 0 spiro atoms. The van der Waals surface area contributed by atoms with Crippen molar-refractivity contribution in [2.75, 3.05) is 0 Å². The first-order chi connectivity index (χ1) is 7.11. The lowest BCUT2D eigenvalue weighted by atomic mass is 10.0. The van der Waals surface area contributed by atoms with Gasteiger partial charge in [-0.1, -0.05) is 48.4 Å². The predicted octanol–water partition coefficient (Wildman–Crippen LogP) is 3.62. The second-order valence-corrected chi connectivity index (χ2v) is 4.22. The smallest absolute Gasteiger partial charge is 0.123 e. The van der Waals surface area contributed by atoms with Gasteiger partial charge in [-0.2, -0.15) is 0 Å². The molecule has 0 N–H and O–H groups in total. The molecule has 1 nitrogen and oxygen atoms in total. The molecule has 0 fully saturated rings. The SMILES string of the molecule is C/C(=C/c1ccc(C)cc1)CC(C)C=O. The average Bonchev–Trinajstić information content (AvgIpc) is 2.21. The number of hydrogen-bond donors (Lipinski definition) is 0. The molecule has 0 aliphatic rings. The fourth-order valence-corrected chi connectivity index (χ4v) is 1.56. The first kappa shape index (κ1) is 11.7. The largest absolute Gasteiger partial charge is 0.303 e. The minimum Gasteiger partial charge on any atom is -0.303 e. The first-order valence-corrected chi connectivity index (χ1v) is 5.31. The van der Waals surface area contributed by atoms with Gasteiger partial charge in [-0.05, 0) is 25.8 Å². The lowest BCUT2D eigenvalue weighted by Gasteiger charge is -2.04. The second-order valence-electron chi connectivity index (χ2n) is 4.22. The Morgan fingerprint density at radius 1 is 1.33 bits per heavy atom. The van der Waals surface area contributed by atoms with Crippen LogP contribution in [-0.2, 0) is 4.79 Å². The number of allylic oxidation sites excluding steroid dienone is 1. The summed E-state index contributed by atoms with van der Waals surface area (Å²) in [5.74, 6) is 0.117. The molecule has 80 valence electrons. The van der Waals surface area contributed by atoms with Crippen LogP contribution in [-0.4, -0.2) is 6.29 Å². The predicted molar refractivity (Wildman–Crippen MR) is 64.7 cm³/mol. The molecule has 0 bridgehead atoms. The van der Waals surface area contributed by atoms with Crippen LogP contribution in [0.15, 0.2) is 29.8 Å². The van der Waals surface area contributed by atoms with Gasteiger partial charge in [0, 0.05) is 5.92 Å². The van der Waals surface area contributed by atoms with E-state index in [2.05, 4.69) is 44.2 Å². The van der Waals surface area contributed by atoms with E-state index in [4.69, 9.17) is 0 Å². The van der Waals surface area contributed by atoms with E-state index in [1.807, 2.05) is 6.92 Å². The molecule has 0 radical (unpaired) electrons. The zero-order valence-electron chi connectivity index (χ0n) is 9.66. The monoisotopic (exact) mass is 202 g/mol. The third kappa shape index (κ3) is 4.11. The zero-order valence-corrected chi connectivity index (χ0v) is 9.66. The summed E-state index contributed by atoms with van der Waals surface area (Å²) in [6.45, 7) is 6.09. The Balaban J connectivity index is 2.69. The summed E-state index contributed by atoms with van der Waals surface area (Å²) in [6.07, 6.45) is 3.99. The Morgan fingerprint density at radius 2 is 1.93 bits per heavy atom. The highest BCUT2D eigenvalue weighted by molar-refractivity contribution is 5.57. The molecular weight excluding hydrogens is 184 g/mol. The average molecular weight is 202 g/mol. The van der Waals surface area contributed by atoms with Gasteiger partial charge >= 0.3 is 0 Å². The standard InChI is InChI=1S/C14H18O/c1-11-4-6-14(7-5-11)9-12(2)8-13(3)10-15/h4-7,9-10,13H,8H2,1-3H3/b12-9-. The molecule has 0 saturated carbocycles. The molecule has 1 heteroatoms. The third-order valence-corrected chi connectivity index (χ3v) is 2.37. The summed E-state index contributed by atoms with van der Waals surface area (Å²) in [5, 5.41) is 0.